The van der Waals surface area contributed by atoms with Crippen LogP contribution in [0.3, 0.4) is 0 Å². The molecule has 0 bridgehead atoms. The van der Waals surface area contributed by atoms with Crippen molar-refractivity contribution in [3.8, 4) is 0 Å². The molecule has 0 aromatic heterocycles. The zero-order valence-corrected chi connectivity index (χ0v) is 9.47. The summed E-state index contributed by atoms with van der Waals surface area (Å²) in [7, 11) is 3.43. The van der Waals surface area contributed by atoms with E-state index in [2.05, 4.69) is 6.92 Å². The molecule has 0 heterocycles. The van der Waals surface area contributed by atoms with Gasteiger partial charge >= 0.3 is 5.97 Å². The van der Waals surface area contributed by atoms with E-state index in [1.54, 1.807) is 19.0 Å². The van der Waals surface area contributed by atoms with Gasteiger partial charge in [-0.05, 0) is 20.5 Å². The molecule has 0 aliphatic rings. The number of rotatable bonds is 5. The van der Waals surface area contributed by atoms with E-state index in [9.17, 15) is 4.79 Å². The van der Waals surface area contributed by atoms with Crippen LogP contribution in [0, 0.1) is 0 Å². The summed E-state index contributed by atoms with van der Waals surface area (Å²) < 4.78 is 0. The number of carbonyl (C=O) groups is 1. The molecule has 80 valence electrons. The Hall–Kier alpha value is -0.280. The highest BCUT2D eigenvalue weighted by atomic mass is 35.5. The van der Waals surface area contributed by atoms with E-state index in [1.165, 1.54) is 19.3 Å². The van der Waals surface area contributed by atoms with E-state index in [-0.39, 0.29) is 6.54 Å². The van der Waals surface area contributed by atoms with Crippen molar-refractivity contribution < 1.29 is 9.90 Å². The SMILES string of the molecule is CCCCCCl.CN(C)CC(=O)O. The molecular weight excluding hydrogens is 190 g/mol. The molecule has 0 unspecified atom stereocenters. The summed E-state index contributed by atoms with van der Waals surface area (Å²) in [6.45, 7) is 2.28. The fraction of sp³-hybridized carbons (Fsp3) is 0.889. The maximum Gasteiger partial charge on any atom is 0.317 e. The van der Waals surface area contributed by atoms with Crippen molar-refractivity contribution in [2.45, 2.75) is 26.2 Å². The molecule has 0 saturated heterocycles. The number of carboxylic acids is 1. The van der Waals surface area contributed by atoms with Crippen LogP contribution in [0.2, 0.25) is 0 Å². The van der Waals surface area contributed by atoms with E-state index in [1.807, 2.05) is 0 Å². The standard InChI is InChI=1S/C5H11Cl.C4H9NO2/c1-2-3-4-5-6;1-5(2)3-4(6)7/h2-5H2,1H3;3H2,1-2H3,(H,6,7). The van der Waals surface area contributed by atoms with Gasteiger partial charge in [-0.2, -0.15) is 0 Å². The first-order valence-corrected chi connectivity index (χ1v) is 5.00. The van der Waals surface area contributed by atoms with Crippen LogP contribution < -0.4 is 0 Å². The lowest BCUT2D eigenvalue weighted by atomic mass is 10.3. The number of hydrogen-bond acceptors (Lipinski definition) is 2. The molecule has 1 N–H and O–H groups in total. The number of hydrogen-bond donors (Lipinski definition) is 1. The third kappa shape index (κ3) is 24.5. The topological polar surface area (TPSA) is 40.5 Å². The zero-order chi connectivity index (χ0) is 10.7. The predicted molar refractivity (Wildman–Crippen MR) is 56.4 cm³/mol. The third-order valence-electron chi connectivity index (χ3n) is 1.19. The molecule has 0 spiro atoms. The lowest BCUT2D eigenvalue weighted by molar-refractivity contribution is -0.137. The number of nitrogens with zero attached hydrogens (tertiary/aromatic N) is 1. The molecule has 3 nitrogen and oxygen atoms in total. The minimum Gasteiger partial charge on any atom is -0.480 e. The van der Waals surface area contributed by atoms with Gasteiger partial charge in [0.25, 0.3) is 0 Å². The van der Waals surface area contributed by atoms with Gasteiger partial charge in [-0.25, -0.2) is 0 Å². The number of halogens is 1. The Morgan fingerprint density at radius 3 is 2.00 bits per heavy atom. The van der Waals surface area contributed by atoms with Crippen LogP contribution in [0.1, 0.15) is 26.2 Å². The Balaban J connectivity index is 0. The molecule has 0 rings (SSSR count). The number of likely N-dealkylation sites (N-methyl/N-ethyl adjacent to an activating group) is 1. The van der Waals surface area contributed by atoms with E-state index in [4.69, 9.17) is 16.7 Å². The van der Waals surface area contributed by atoms with Gasteiger partial charge in [0.15, 0.2) is 0 Å². The van der Waals surface area contributed by atoms with Gasteiger partial charge in [0.1, 0.15) is 0 Å². The Bertz CT molecular complexity index is 114. The van der Waals surface area contributed by atoms with Crippen LogP contribution >= 0.6 is 11.6 Å². The molecule has 0 amide bonds. The molecule has 0 fully saturated rings. The average molecular weight is 210 g/mol. The minimum atomic E-state index is -0.787. The molecule has 0 aliphatic carbocycles. The molecule has 0 radical (unpaired) electrons. The second kappa shape index (κ2) is 11.7. The van der Waals surface area contributed by atoms with E-state index < -0.39 is 5.97 Å². The van der Waals surface area contributed by atoms with Gasteiger partial charge in [-0.1, -0.05) is 19.8 Å². The highest BCUT2D eigenvalue weighted by molar-refractivity contribution is 6.17. The summed E-state index contributed by atoms with van der Waals surface area (Å²) in [6, 6.07) is 0. The minimum absolute atomic E-state index is 0.111. The molecule has 13 heavy (non-hydrogen) atoms. The second-order valence-electron chi connectivity index (χ2n) is 3.03. The molecule has 4 heteroatoms. The third-order valence-corrected chi connectivity index (χ3v) is 1.46. The van der Waals surface area contributed by atoms with Gasteiger partial charge in [0, 0.05) is 5.88 Å². The van der Waals surface area contributed by atoms with Crippen LogP contribution in [0.25, 0.3) is 0 Å². The molecule has 0 atom stereocenters. The van der Waals surface area contributed by atoms with Crippen molar-refractivity contribution in [1.82, 2.24) is 4.90 Å². The smallest absolute Gasteiger partial charge is 0.317 e. The summed E-state index contributed by atoms with van der Waals surface area (Å²) >= 11 is 5.38. The summed E-state index contributed by atoms with van der Waals surface area (Å²) in [5.74, 6) is 0.0402. The lowest BCUT2D eigenvalue weighted by Crippen LogP contribution is -2.20. The van der Waals surface area contributed by atoms with Crippen molar-refractivity contribution >= 4 is 17.6 Å². The fourth-order valence-corrected chi connectivity index (χ4v) is 0.804. The first kappa shape index (κ1) is 15.2. The predicted octanol–water partition coefficient (Wildman–Crippen LogP) is 2.05. The molecule has 0 saturated carbocycles. The maximum atomic E-state index is 9.77. The monoisotopic (exact) mass is 209 g/mol. The zero-order valence-electron chi connectivity index (χ0n) is 8.72. The van der Waals surface area contributed by atoms with Crippen molar-refractivity contribution in [3.63, 3.8) is 0 Å². The summed E-state index contributed by atoms with van der Waals surface area (Å²) in [6.07, 6.45) is 3.73. The number of carboxylic acid groups (broad SMARTS) is 1. The summed E-state index contributed by atoms with van der Waals surface area (Å²) in [5.41, 5.74) is 0. The highest BCUT2D eigenvalue weighted by Gasteiger charge is 1.94. The van der Waals surface area contributed by atoms with Crippen molar-refractivity contribution in [2.24, 2.45) is 0 Å². The summed E-state index contributed by atoms with van der Waals surface area (Å²) in [5, 5.41) is 8.04. The van der Waals surface area contributed by atoms with Crippen LogP contribution in [-0.2, 0) is 4.79 Å². The van der Waals surface area contributed by atoms with E-state index in [0.717, 1.165) is 5.88 Å². The summed E-state index contributed by atoms with van der Waals surface area (Å²) in [4.78, 5) is 11.4. The van der Waals surface area contributed by atoms with Gasteiger partial charge < -0.3 is 5.11 Å². The molecular formula is C9H20ClNO2. The fourth-order valence-electron chi connectivity index (χ4n) is 0.615. The Kier molecular flexibility index (Phi) is 13.7. The Labute approximate surface area is 85.7 Å². The molecule has 0 aromatic rings. The normalized spacial score (nSPS) is 9.31. The van der Waals surface area contributed by atoms with Crippen molar-refractivity contribution in [3.05, 3.63) is 0 Å². The Morgan fingerprint density at radius 1 is 1.38 bits per heavy atom. The van der Waals surface area contributed by atoms with Gasteiger partial charge in [0.2, 0.25) is 0 Å². The number of unbranched alkanes of at least 4 members (excludes halogenated alkanes) is 2. The highest BCUT2D eigenvalue weighted by Crippen LogP contribution is 1.93. The average Bonchev–Trinajstić information content (AvgIpc) is 1.99. The van der Waals surface area contributed by atoms with Crippen molar-refractivity contribution in [1.29, 1.82) is 0 Å². The quantitative estimate of drug-likeness (QED) is 0.557. The first-order valence-electron chi connectivity index (χ1n) is 4.47. The number of alkyl halides is 1. The van der Waals surface area contributed by atoms with Crippen LogP contribution in [0.15, 0.2) is 0 Å². The van der Waals surface area contributed by atoms with Crippen molar-refractivity contribution in [2.75, 3.05) is 26.5 Å². The van der Waals surface area contributed by atoms with Gasteiger partial charge in [0.05, 0.1) is 6.54 Å². The van der Waals surface area contributed by atoms with Crippen LogP contribution in [0.5, 0.6) is 0 Å². The molecule has 0 aromatic carbocycles. The lowest BCUT2D eigenvalue weighted by Gasteiger charge is -2.01. The van der Waals surface area contributed by atoms with Crippen LogP contribution in [0.4, 0.5) is 0 Å². The second-order valence-corrected chi connectivity index (χ2v) is 3.41. The largest absolute Gasteiger partial charge is 0.480 e. The van der Waals surface area contributed by atoms with Crippen LogP contribution in [-0.4, -0.2) is 42.5 Å². The first-order chi connectivity index (χ1) is 6.04. The Morgan fingerprint density at radius 2 is 1.92 bits per heavy atom. The van der Waals surface area contributed by atoms with E-state index >= 15 is 0 Å². The van der Waals surface area contributed by atoms with E-state index in [0.29, 0.717) is 0 Å². The molecule has 0 aliphatic heterocycles. The number of aliphatic carboxylic acids is 1. The maximum absolute atomic E-state index is 9.77. The van der Waals surface area contributed by atoms with Gasteiger partial charge in [-0.3, -0.25) is 9.69 Å². The van der Waals surface area contributed by atoms with Gasteiger partial charge in [-0.15, -0.1) is 11.6 Å².